The smallest absolute Gasteiger partial charge is 0.253 e. The minimum atomic E-state index is -0.324. The van der Waals surface area contributed by atoms with Gasteiger partial charge in [-0.1, -0.05) is 38.4 Å². The molecule has 1 N–H and O–H groups in total. The van der Waals surface area contributed by atoms with E-state index in [1.54, 1.807) is 17.2 Å². The Balaban J connectivity index is 1.57. The van der Waals surface area contributed by atoms with Crippen molar-refractivity contribution in [2.75, 3.05) is 13.1 Å². The van der Waals surface area contributed by atoms with Crippen LogP contribution in [0.15, 0.2) is 67.1 Å². The Morgan fingerprint density at radius 1 is 0.972 bits per heavy atom. The average Bonchev–Trinajstić information content (AvgIpc) is 2.88. The molecule has 36 heavy (non-hydrogen) atoms. The maximum atomic E-state index is 13.0. The van der Waals surface area contributed by atoms with Crippen molar-refractivity contribution in [1.29, 1.82) is 0 Å². The third-order valence-electron chi connectivity index (χ3n) is 6.87. The number of halogens is 1. The molecule has 1 amide bonds. The van der Waals surface area contributed by atoms with Crippen molar-refractivity contribution in [3.63, 3.8) is 0 Å². The molecule has 0 unspecified atom stereocenters. The number of aromatic nitrogens is 2. The molecule has 0 bridgehead atoms. The van der Waals surface area contributed by atoms with E-state index in [4.69, 9.17) is 11.6 Å². The van der Waals surface area contributed by atoms with Gasteiger partial charge in [0.25, 0.3) is 5.91 Å². The van der Waals surface area contributed by atoms with E-state index in [1.165, 1.54) is 0 Å². The molecule has 4 aromatic rings. The molecule has 2 aromatic carbocycles. The highest BCUT2D eigenvalue weighted by atomic mass is 35.5. The molecular weight excluding hydrogens is 470 g/mol. The van der Waals surface area contributed by atoms with Gasteiger partial charge in [0.1, 0.15) is 0 Å². The van der Waals surface area contributed by atoms with Crippen molar-refractivity contribution in [2.24, 2.45) is 0 Å². The van der Waals surface area contributed by atoms with Crippen LogP contribution in [0.5, 0.6) is 0 Å². The van der Waals surface area contributed by atoms with Crippen molar-refractivity contribution in [3.8, 4) is 22.3 Å². The highest BCUT2D eigenvalue weighted by Crippen LogP contribution is 2.38. The Bertz CT molecular complexity index is 1440. The zero-order chi connectivity index (χ0) is 25.4. The van der Waals surface area contributed by atoms with Gasteiger partial charge >= 0.3 is 0 Å². The fourth-order valence-electron chi connectivity index (χ4n) is 4.74. The maximum absolute atomic E-state index is 13.0. The van der Waals surface area contributed by atoms with E-state index in [9.17, 15) is 9.90 Å². The lowest BCUT2D eigenvalue weighted by Crippen LogP contribution is -2.40. The normalized spacial score (nSPS) is 14.9. The van der Waals surface area contributed by atoms with Crippen LogP contribution in [0.4, 0.5) is 0 Å². The van der Waals surface area contributed by atoms with Crippen LogP contribution in [0.1, 0.15) is 49.7 Å². The largest absolute Gasteiger partial charge is 0.393 e. The van der Waals surface area contributed by atoms with E-state index >= 15 is 0 Å². The van der Waals surface area contributed by atoms with Crippen LogP contribution in [-0.2, 0) is 5.41 Å². The Morgan fingerprint density at radius 2 is 1.75 bits per heavy atom. The number of carbonyl (C=O) groups excluding carboxylic acids is 1. The summed E-state index contributed by atoms with van der Waals surface area (Å²) < 4.78 is 0. The van der Waals surface area contributed by atoms with Crippen molar-refractivity contribution in [2.45, 2.75) is 45.1 Å². The van der Waals surface area contributed by atoms with Gasteiger partial charge in [0, 0.05) is 64.3 Å². The molecule has 0 atom stereocenters. The van der Waals surface area contributed by atoms with Crippen molar-refractivity contribution in [3.05, 3.63) is 83.4 Å². The first-order valence-electron chi connectivity index (χ1n) is 12.3. The summed E-state index contributed by atoms with van der Waals surface area (Å²) in [6.45, 7) is 7.58. The monoisotopic (exact) mass is 499 g/mol. The second kappa shape index (κ2) is 9.64. The molecule has 1 saturated heterocycles. The fraction of sp³-hybridized carbons (Fsp3) is 0.300. The lowest BCUT2D eigenvalue weighted by atomic mass is 9.89. The first-order valence-corrected chi connectivity index (χ1v) is 12.7. The molecule has 5 nitrogen and oxygen atoms in total. The number of hydrogen-bond donors (Lipinski definition) is 1. The lowest BCUT2D eigenvalue weighted by Gasteiger charge is -2.29. The van der Waals surface area contributed by atoms with Crippen molar-refractivity contribution >= 4 is 28.3 Å². The molecule has 0 saturated carbocycles. The highest BCUT2D eigenvalue weighted by molar-refractivity contribution is 6.34. The number of carbonyl (C=O) groups is 1. The van der Waals surface area contributed by atoms with E-state index in [2.05, 4.69) is 48.9 Å². The minimum absolute atomic E-state index is 0.0512. The van der Waals surface area contributed by atoms with E-state index in [1.807, 2.05) is 36.7 Å². The van der Waals surface area contributed by atoms with Crippen LogP contribution in [0.2, 0.25) is 5.02 Å². The van der Waals surface area contributed by atoms with Gasteiger partial charge < -0.3 is 10.0 Å². The number of rotatable bonds is 3. The van der Waals surface area contributed by atoms with Crippen LogP contribution >= 0.6 is 11.6 Å². The first kappa shape index (κ1) is 24.4. The number of amides is 1. The molecule has 0 aliphatic carbocycles. The molecular formula is C30H30ClN3O2. The predicted octanol–water partition coefficient (Wildman–Crippen LogP) is 6.51. The van der Waals surface area contributed by atoms with E-state index in [0.29, 0.717) is 36.5 Å². The van der Waals surface area contributed by atoms with Crippen molar-refractivity contribution in [1.82, 2.24) is 14.9 Å². The Morgan fingerprint density at radius 3 is 2.47 bits per heavy atom. The summed E-state index contributed by atoms with van der Waals surface area (Å²) in [5.41, 5.74) is 5.52. The zero-order valence-electron chi connectivity index (χ0n) is 20.8. The van der Waals surface area contributed by atoms with Gasteiger partial charge in [0.05, 0.1) is 6.10 Å². The Labute approximate surface area is 216 Å². The summed E-state index contributed by atoms with van der Waals surface area (Å²) in [6, 6.07) is 16.0. The molecule has 5 rings (SSSR count). The molecule has 6 heteroatoms. The molecule has 2 aromatic heterocycles. The van der Waals surface area contributed by atoms with Gasteiger partial charge in [-0.3, -0.25) is 14.8 Å². The van der Waals surface area contributed by atoms with Gasteiger partial charge in [-0.15, -0.1) is 0 Å². The molecule has 184 valence electrons. The zero-order valence-corrected chi connectivity index (χ0v) is 21.6. The number of nitrogens with zero attached hydrogens (tertiary/aromatic N) is 3. The SMILES string of the molecule is CC(C)(C)c1cc(-c2cc(-c3ccc(C(=O)N4CCC(O)CC4)cc3Cl)c3ccncc3c2)ccn1. The van der Waals surface area contributed by atoms with E-state index in [0.717, 1.165) is 38.7 Å². The topological polar surface area (TPSA) is 66.3 Å². The van der Waals surface area contributed by atoms with Crippen LogP contribution < -0.4 is 0 Å². The predicted molar refractivity (Wildman–Crippen MR) is 145 cm³/mol. The number of pyridine rings is 2. The summed E-state index contributed by atoms with van der Waals surface area (Å²) in [5.74, 6) is -0.0512. The number of likely N-dealkylation sites (tertiary alicyclic amines) is 1. The number of benzene rings is 2. The van der Waals surface area contributed by atoms with Gasteiger partial charge in [-0.2, -0.15) is 0 Å². The average molecular weight is 500 g/mol. The standard InChI is InChI=1S/C30H30ClN3O2/c1-30(2,3)28-17-19(6-11-33-28)21-14-22-18-32-10-7-24(22)26(15-21)25-5-4-20(16-27(25)31)29(36)34-12-8-23(35)9-13-34/h4-7,10-11,14-18,23,35H,8-9,12-13H2,1-3H3. The first-order chi connectivity index (χ1) is 17.2. The van der Waals surface area contributed by atoms with Gasteiger partial charge in [0.2, 0.25) is 0 Å². The fourth-order valence-corrected chi connectivity index (χ4v) is 5.02. The van der Waals surface area contributed by atoms with Crippen LogP contribution in [0.25, 0.3) is 33.0 Å². The third-order valence-corrected chi connectivity index (χ3v) is 7.19. The number of fused-ring (bicyclic) bond motifs is 1. The van der Waals surface area contributed by atoms with Gasteiger partial charge in [-0.05, 0) is 77.4 Å². The molecule has 1 aliphatic heterocycles. The van der Waals surface area contributed by atoms with Crippen LogP contribution in [0.3, 0.4) is 0 Å². The van der Waals surface area contributed by atoms with Gasteiger partial charge in [0.15, 0.2) is 0 Å². The summed E-state index contributed by atoms with van der Waals surface area (Å²) in [7, 11) is 0. The van der Waals surface area contributed by atoms with Crippen LogP contribution in [0, 0.1) is 0 Å². The molecule has 1 aliphatic rings. The van der Waals surface area contributed by atoms with E-state index in [-0.39, 0.29) is 17.4 Å². The minimum Gasteiger partial charge on any atom is -0.393 e. The number of hydrogen-bond acceptors (Lipinski definition) is 4. The quantitative estimate of drug-likeness (QED) is 0.349. The highest BCUT2D eigenvalue weighted by Gasteiger charge is 2.23. The van der Waals surface area contributed by atoms with Gasteiger partial charge in [-0.25, -0.2) is 0 Å². The lowest BCUT2D eigenvalue weighted by molar-refractivity contribution is 0.0546. The third kappa shape index (κ3) is 4.86. The second-order valence-electron chi connectivity index (χ2n) is 10.5. The Hall–Kier alpha value is -3.28. The second-order valence-corrected chi connectivity index (χ2v) is 10.9. The number of aliphatic hydroxyl groups is 1. The number of aliphatic hydroxyl groups excluding tert-OH is 1. The molecule has 3 heterocycles. The summed E-state index contributed by atoms with van der Waals surface area (Å²) in [6.07, 6.45) is 6.40. The van der Waals surface area contributed by atoms with Crippen LogP contribution in [-0.4, -0.2) is 45.1 Å². The molecule has 0 radical (unpaired) electrons. The maximum Gasteiger partial charge on any atom is 0.253 e. The summed E-state index contributed by atoms with van der Waals surface area (Å²) >= 11 is 6.82. The Kier molecular flexibility index (Phi) is 6.54. The molecule has 0 spiro atoms. The molecule has 1 fully saturated rings. The van der Waals surface area contributed by atoms with E-state index < -0.39 is 0 Å². The van der Waals surface area contributed by atoms with Crippen molar-refractivity contribution < 1.29 is 9.90 Å². The number of piperidine rings is 1. The summed E-state index contributed by atoms with van der Waals surface area (Å²) in [5, 5.41) is 12.4. The summed E-state index contributed by atoms with van der Waals surface area (Å²) in [4.78, 5) is 23.8.